The first-order valence-corrected chi connectivity index (χ1v) is 6.37. The Bertz CT molecular complexity index is 321. The lowest BCUT2D eigenvalue weighted by atomic mass is 10.0. The van der Waals surface area contributed by atoms with Gasteiger partial charge in [-0.05, 0) is 19.8 Å². The van der Waals surface area contributed by atoms with Crippen LogP contribution in [-0.4, -0.2) is 53.2 Å². The number of carbonyl (C=O) groups excluding carboxylic acids is 1. The lowest BCUT2D eigenvalue weighted by Gasteiger charge is -2.26. The maximum atomic E-state index is 11.8. The standard InChI is InChI=1S/C12H22N2O4/c1-3-5-9(10(15)18-4-2)14-7-6-12(13,8-14)11(16)17/h9H,3-8,13H2,1-2H3,(H,16,17). The van der Waals surface area contributed by atoms with Crippen molar-refractivity contribution in [1.29, 1.82) is 0 Å². The number of likely N-dealkylation sites (tertiary alicyclic amines) is 1. The zero-order valence-electron chi connectivity index (χ0n) is 11.0. The highest BCUT2D eigenvalue weighted by molar-refractivity contribution is 5.80. The number of hydrogen-bond donors (Lipinski definition) is 2. The second-order valence-electron chi connectivity index (χ2n) is 4.74. The smallest absolute Gasteiger partial charge is 0.325 e. The molecule has 1 rings (SSSR count). The minimum atomic E-state index is -1.24. The Morgan fingerprint density at radius 2 is 2.17 bits per heavy atom. The van der Waals surface area contributed by atoms with Crippen molar-refractivity contribution in [2.45, 2.75) is 44.7 Å². The summed E-state index contributed by atoms with van der Waals surface area (Å²) in [6.07, 6.45) is 1.86. The molecule has 0 bridgehead atoms. The predicted molar refractivity (Wildman–Crippen MR) is 66.1 cm³/mol. The van der Waals surface area contributed by atoms with Crippen molar-refractivity contribution in [3.63, 3.8) is 0 Å². The number of carboxylic acids is 1. The van der Waals surface area contributed by atoms with Gasteiger partial charge >= 0.3 is 11.9 Å². The number of nitrogens with zero attached hydrogens (tertiary/aromatic N) is 1. The van der Waals surface area contributed by atoms with Crippen LogP contribution in [0, 0.1) is 0 Å². The van der Waals surface area contributed by atoms with Crippen LogP contribution in [0.25, 0.3) is 0 Å². The van der Waals surface area contributed by atoms with Gasteiger partial charge in [0.2, 0.25) is 0 Å². The zero-order valence-corrected chi connectivity index (χ0v) is 11.0. The first-order chi connectivity index (χ1) is 8.44. The molecule has 2 atom stereocenters. The van der Waals surface area contributed by atoms with E-state index in [-0.39, 0.29) is 18.6 Å². The Hall–Kier alpha value is -1.14. The summed E-state index contributed by atoms with van der Waals surface area (Å²) in [5, 5.41) is 9.08. The summed E-state index contributed by atoms with van der Waals surface area (Å²) in [6.45, 7) is 4.79. The van der Waals surface area contributed by atoms with Crippen LogP contribution in [0.3, 0.4) is 0 Å². The molecule has 0 aromatic carbocycles. The third-order valence-electron chi connectivity index (χ3n) is 3.32. The van der Waals surface area contributed by atoms with Crippen LogP contribution >= 0.6 is 0 Å². The molecule has 0 spiro atoms. The molecule has 0 aromatic rings. The van der Waals surface area contributed by atoms with Crippen molar-refractivity contribution in [2.75, 3.05) is 19.7 Å². The van der Waals surface area contributed by atoms with Gasteiger partial charge in [0.05, 0.1) is 6.61 Å². The highest BCUT2D eigenvalue weighted by atomic mass is 16.5. The first kappa shape index (κ1) is 14.9. The molecule has 104 valence electrons. The Kier molecular flexibility index (Phi) is 5.10. The number of rotatable bonds is 6. The first-order valence-electron chi connectivity index (χ1n) is 6.37. The Labute approximate surface area is 107 Å². The van der Waals surface area contributed by atoms with E-state index in [4.69, 9.17) is 15.6 Å². The molecule has 0 aromatic heterocycles. The molecular weight excluding hydrogens is 236 g/mol. The van der Waals surface area contributed by atoms with Gasteiger partial charge in [-0.3, -0.25) is 14.5 Å². The van der Waals surface area contributed by atoms with Gasteiger partial charge in [0.1, 0.15) is 11.6 Å². The second-order valence-corrected chi connectivity index (χ2v) is 4.74. The summed E-state index contributed by atoms with van der Waals surface area (Å²) in [5.74, 6) is -1.29. The average Bonchev–Trinajstić information content (AvgIpc) is 2.70. The SMILES string of the molecule is CCCC(C(=O)OCC)N1CCC(N)(C(=O)O)C1. The lowest BCUT2D eigenvalue weighted by molar-refractivity contribution is -0.150. The number of esters is 1. The van der Waals surface area contributed by atoms with E-state index in [0.717, 1.165) is 6.42 Å². The number of carboxylic acid groups (broad SMARTS) is 1. The number of aliphatic carboxylic acids is 1. The van der Waals surface area contributed by atoms with Crippen molar-refractivity contribution < 1.29 is 19.4 Å². The fraction of sp³-hybridized carbons (Fsp3) is 0.833. The molecule has 1 aliphatic rings. The van der Waals surface area contributed by atoms with Crippen LogP contribution in [0.5, 0.6) is 0 Å². The van der Waals surface area contributed by atoms with Gasteiger partial charge in [0.15, 0.2) is 0 Å². The molecule has 0 aliphatic carbocycles. The maximum Gasteiger partial charge on any atom is 0.325 e. The van der Waals surface area contributed by atoms with Gasteiger partial charge in [-0.25, -0.2) is 0 Å². The summed E-state index contributed by atoms with van der Waals surface area (Å²) in [7, 11) is 0. The molecule has 1 saturated heterocycles. The maximum absolute atomic E-state index is 11.8. The largest absolute Gasteiger partial charge is 0.480 e. The van der Waals surface area contributed by atoms with Crippen molar-refractivity contribution in [3.8, 4) is 0 Å². The van der Waals surface area contributed by atoms with E-state index >= 15 is 0 Å². The highest BCUT2D eigenvalue weighted by Crippen LogP contribution is 2.23. The van der Waals surface area contributed by atoms with Crippen LogP contribution in [0.4, 0.5) is 0 Å². The van der Waals surface area contributed by atoms with Gasteiger partial charge in [-0.15, -0.1) is 0 Å². The molecule has 18 heavy (non-hydrogen) atoms. The average molecular weight is 258 g/mol. The van der Waals surface area contributed by atoms with Gasteiger partial charge < -0.3 is 15.6 Å². The number of hydrogen-bond acceptors (Lipinski definition) is 5. The molecule has 0 saturated carbocycles. The van der Waals surface area contributed by atoms with Crippen molar-refractivity contribution in [2.24, 2.45) is 5.73 Å². The van der Waals surface area contributed by atoms with Gasteiger partial charge in [0, 0.05) is 13.1 Å². The van der Waals surface area contributed by atoms with Gasteiger partial charge in [-0.2, -0.15) is 0 Å². The molecular formula is C12H22N2O4. The summed E-state index contributed by atoms with van der Waals surface area (Å²) < 4.78 is 5.03. The van der Waals surface area contributed by atoms with E-state index in [9.17, 15) is 9.59 Å². The van der Waals surface area contributed by atoms with Crippen LogP contribution < -0.4 is 5.73 Å². The fourth-order valence-corrected chi connectivity index (χ4v) is 2.27. The highest BCUT2D eigenvalue weighted by Gasteiger charge is 2.44. The second kappa shape index (κ2) is 6.15. The summed E-state index contributed by atoms with van der Waals surface area (Å²) in [6, 6.07) is -0.375. The molecule has 1 aliphatic heterocycles. The van der Waals surface area contributed by atoms with E-state index in [1.54, 1.807) is 6.92 Å². The van der Waals surface area contributed by atoms with Crippen LogP contribution in [0.2, 0.25) is 0 Å². The molecule has 6 nitrogen and oxygen atoms in total. The topological polar surface area (TPSA) is 92.9 Å². The third kappa shape index (κ3) is 3.20. The summed E-state index contributed by atoms with van der Waals surface area (Å²) in [4.78, 5) is 24.8. The third-order valence-corrected chi connectivity index (χ3v) is 3.32. The van der Waals surface area contributed by atoms with E-state index < -0.39 is 11.5 Å². The number of carbonyl (C=O) groups is 2. The monoisotopic (exact) mass is 258 g/mol. The minimum Gasteiger partial charge on any atom is -0.480 e. The van der Waals surface area contributed by atoms with E-state index in [1.807, 2.05) is 11.8 Å². The van der Waals surface area contributed by atoms with E-state index in [1.165, 1.54) is 0 Å². The molecule has 0 amide bonds. The minimum absolute atomic E-state index is 0.200. The zero-order chi connectivity index (χ0) is 13.8. The summed E-state index contributed by atoms with van der Waals surface area (Å²) >= 11 is 0. The Balaban J connectivity index is 2.71. The molecule has 6 heteroatoms. The van der Waals surface area contributed by atoms with Crippen LogP contribution in [0.1, 0.15) is 33.1 Å². The Morgan fingerprint density at radius 1 is 1.50 bits per heavy atom. The quantitative estimate of drug-likeness (QED) is 0.661. The lowest BCUT2D eigenvalue weighted by Crippen LogP contribution is -2.52. The van der Waals surface area contributed by atoms with Gasteiger partial charge in [-0.1, -0.05) is 13.3 Å². The predicted octanol–water partition coefficient (Wildman–Crippen LogP) is 0.206. The molecule has 1 heterocycles. The molecule has 0 radical (unpaired) electrons. The van der Waals surface area contributed by atoms with Crippen molar-refractivity contribution in [1.82, 2.24) is 4.90 Å². The number of nitrogens with two attached hydrogens (primary N) is 1. The van der Waals surface area contributed by atoms with Crippen molar-refractivity contribution >= 4 is 11.9 Å². The number of ether oxygens (including phenoxy) is 1. The van der Waals surface area contributed by atoms with E-state index in [2.05, 4.69) is 0 Å². The molecule has 3 N–H and O–H groups in total. The normalized spacial score (nSPS) is 25.9. The molecule has 2 unspecified atom stereocenters. The van der Waals surface area contributed by atoms with Crippen LogP contribution in [-0.2, 0) is 14.3 Å². The summed E-state index contributed by atoms with van der Waals surface area (Å²) in [5.41, 5.74) is 4.57. The van der Waals surface area contributed by atoms with E-state index in [0.29, 0.717) is 26.0 Å². The fourth-order valence-electron chi connectivity index (χ4n) is 2.27. The Morgan fingerprint density at radius 3 is 2.61 bits per heavy atom. The van der Waals surface area contributed by atoms with Crippen LogP contribution in [0.15, 0.2) is 0 Å². The van der Waals surface area contributed by atoms with Gasteiger partial charge in [0.25, 0.3) is 0 Å². The molecule has 1 fully saturated rings. The van der Waals surface area contributed by atoms with Crippen molar-refractivity contribution in [3.05, 3.63) is 0 Å².